The molecule has 1 amide bonds. The summed E-state index contributed by atoms with van der Waals surface area (Å²) >= 11 is 0. The number of rotatable bonds is 3. The van der Waals surface area contributed by atoms with Gasteiger partial charge in [-0.15, -0.1) is 17.0 Å². The number of amides is 1. The van der Waals surface area contributed by atoms with Crippen LogP contribution in [0.25, 0.3) is 0 Å². The van der Waals surface area contributed by atoms with Crippen LogP contribution in [0.2, 0.25) is 0 Å². The fraction of sp³-hybridized carbons (Fsp3) is 0.818. The molecule has 1 N–H and O–H groups in total. The molecule has 0 saturated carbocycles. The average molecular weight is 309 g/mol. The Morgan fingerprint density at radius 3 is 2.76 bits per heavy atom. The third-order valence-electron chi connectivity index (χ3n) is 1.87. The van der Waals surface area contributed by atoms with Crippen LogP contribution >= 0.6 is 17.0 Å². The summed E-state index contributed by atoms with van der Waals surface area (Å²) in [5.41, 5.74) is -0.455. The van der Waals surface area contributed by atoms with Crippen molar-refractivity contribution in [1.29, 1.82) is 0 Å². The van der Waals surface area contributed by atoms with Crippen LogP contribution in [0.1, 0.15) is 33.6 Å². The summed E-state index contributed by atoms with van der Waals surface area (Å²) in [6, 6.07) is 0. The minimum Gasteiger partial charge on any atom is -0.481 e. The van der Waals surface area contributed by atoms with Gasteiger partial charge in [0.2, 0.25) is 0 Å². The summed E-state index contributed by atoms with van der Waals surface area (Å²) in [5.74, 6) is 0.724. The maximum atomic E-state index is 11.3. The number of nitrogens with zero attached hydrogens (tertiary/aromatic N) is 1. The van der Waals surface area contributed by atoms with Crippen molar-refractivity contribution in [2.24, 2.45) is 4.99 Å². The number of hydrogen-bond donors (Lipinski definition) is 1. The molecule has 0 aromatic carbocycles. The van der Waals surface area contributed by atoms with Crippen LogP contribution in [0.5, 0.6) is 0 Å². The van der Waals surface area contributed by atoms with Gasteiger partial charge in [-0.05, 0) is 20.8 Å². The highest BCUT2D eigenvalue weighted by molar-refractivity contribution is 8.93. The van der Waals surface area contributed by atoms with Crippen molar-refractivity contribution in [3.63, 3.8) is 0 Å². The molecule has 0 aromatic heterocycles. The zero-order chi connectivity index (χ0) is 12.0. The summed E-state index contributed by atoms with van der Waals surface area (Å²) in [5, 5.41) is 2.66. The maximum Gasteiger partial charge on any atom is 0.407 e. The van der Waals surface area contributed by atoms with Crippen molar-refractivity contribution in [2.45, 2.75) is 39.2 Å². The van der Waals surface area contributed by atoms with E-state index in [9.17, 15) is 4.79 Å². The molecule has 100 valence electrons. The average Bonchev–Trinajstić information content (AvgIpc) is 2.16. The number of carbonyl (C=O) groups is 1. The molecule has 0 aromatic rings. The molecular weight excluding hydrogens is 288 g/mol. The summed E-state index contributed by atoms with van der Waals surface area (Å²) in [6.07, 6.45) is 1.20. The van der Waals surface area contributed by atoms with E-state index in [1.165, 1.54) is 0 Å². The first-order valence-corrected chi connectivity index (χ1v) is 5.60. The molecule has 1 aliphatic heterocycles. The zero-order valence-electron chi connectivity index (χ0n) is 10.6. The SMILES string of the molecule is Br.CC(C)(C)OC(=O)NCCC1=NCCCO1. The molecule has 1 aliphatic rings. The molecule has 17 heavy (non-hydrogen) atoms. The molecule has 5 nitrogen and oxygen atoms in total. The lowest BCUT2D eigenvalue weighted by Crippen LogP contribution is -2.34. The number of alkyl carbamates (subject to hydrolysis) is 1. The van der Waals surface area contributed by atoms with Crippen molar-refractivity contribution in [1.82, 2.24) is 5.32 Å². The Kier molecular flexibility index (Phi) is 7.18. The van der Waals surface area contributed by atoms with E-state index in [2.05, 4.69) is 10.3 Å². The predicted molar refractivity (Wildman–Crippen MR) is 72.0 cm³/mol. The smallest absolute Gasteiger partial charge is 0.407 e. The van der Waals surface area contributed by atoms with Crippen LogP contribution in [0, 0.1) is 0 Å². The van der Waals surface area contributed by atoms with Crippen LogP contribution in [0.15, 0.2) is 4.99 Å². The highest BCUT2D eigenvalue weighted by atomic mass is 79.9. The van der Waals surface area contributed by atoms with Gasteiger partial charge < -0.3 is 14.8 Å². The quantitative estimate of drug-likeness (QED) is 0.870. The Morgan fingerprint density at radius 1 is 1.53 bits per heavy atom. The van der Waals surface area contributed by atoms with E-state index in [-0.39, 0.29) is 17.0 Å². The molecule has 0 bridgehead atoms. The fourth-order valence-electron chi connectivity index (χ4n) is 1.24. The summed E-state index contributed by atoms with van der Waals surface area (Å²) in [4.78, 5) is 15.5. The molecule has 0 fully saturated rings. The van der Waals surface area contributed by atoms with Gasteiger partial charge in [-0.25, -0.2) is 4.79 Å². The van der Waals surface area contributed by atoms with E-state index in [0.29, 0.717) is 13.0 Å². The highest BCUT2D eigenvalue weighted by Crippen LogP contribution is 2.06. The largest absolute Gasteiger partial charge is 0.481 e. The molecule has 1 heterocycles. The first-order chi connectivity index (χ1) is 7.47. The van der Waals surface area contributed by atoms with Crippen molar-refractivity contribution in [2.75, 3.05) is 19.7 Å². The Balaban J connectivity index is 0.00000256. The van der Waals surface area contributed by atoms with Crippen LogP contribution in [0.4, 0.5) is 4.79 Å². The van der Waals surface area contributed by atoms with E-state index in [0.717, 1.165) is 25.5 Å². The minimum absolute atomic E-state index is 0. The lowest BCUT2D eigenvalue weighted by Gasteiger charge is -2.20. The molecule has 0 aliphatic carbocycles. The van der Waals surface area contributed by atoms with Gasteiger partial charge in [0.1, 0.15) is 5.60 Å². The number of nitrogens with one attached hydrogen (secondary N) is 1. The third-order valence-corrected chi connectivity index (χ3v) is 1.87. The molecule has 0 radical (unpaired) electrons. The summed E-state index contributed by atoms with van der Waals surface area (Å²) in [6.45, 7) is 7.55. The standard InChI is InChI=1S/C11H20N2O3.BrH/c1-11(2,3)16-10(14)13-7-5-9-12-6-4-8-15-9;/h4-8H2,1-3H3,(H,13,14);1H. The lowest BCUT2D eigenvalue weighted by molar-refractivity contribution is 0.0529. The molecule has 0 spiro atoms. The van der Waals surface area contributed by atoms with Gasteiger partial charge in [-0.1, -0.05) is 0 Å². The number of aliphatic imine (C=N–C) groups is 1. The van der Waals surface area contributed by atoms with Gasteiger partial charge in [0.25, 0.3) is 0 Å². The third kappa shape index (κ3) is 8.01. The Labute approximate surface area is 113 Å². The topological polar surface area (TPSA) is 59.9 Å². The van der Waals surface area contributed by atoms with Gasteiger partial charge in [0, 0.05) is 25.9 Å². The van der Waals surface area contributed by atoms with E-state index in [1.807, 2.05) is 20.8 Å². The van der Waals surface area contributed by atoms with E-state index >= 15 is 0 Å². The second-order valence-electron chi connectivity index (χ2n) is 4.66. The number of hydrogen-bond acceptors (Lipinski definition) is 4. The van der Waals surface area contributed by atoms with Crippen LogP contribution in [0.3, 0.4) is 0 Å². The predicted octanol–water partition coefficient (Wildman–Crippen LogP) is 2.30. The van der Waals surface area contributed by atoms with Crippen molar-refractivity contribution >= 4 is 29.0 Å². The van der Waals surface area contributed by atoms with Crippen molar-refractivity contribution in [3.05, 3.63) is 0 Å². The monoisotopic (exact) mass is 308 g/mol. The molecular formula is C11H21BrN2O3. The number of halogens is 1. The fourth-order valence-corrected chi connectivity index (χ4v) is 1.24. The van der Waals surface area contributed by atoms with Crippen molar-refractivity contribution in [3.8, 4) is 0 Å². The molecule has 0 saturated heterocycles. The normalized spacial score (nSPS) is 15.1. The van der Waals surface area contributed by atoms with Gasteiger partial charge in [-0.3, -0.25) is 4.99 Å². The van der Waals surface area contributed by atoms with E-state index < -0.39 is 11.7 Å². The minimum atomic E-state index is -0.455. The Bertz CT molecular complexity index is 274. The maximum absolute atomic E-state index is 11.3. The lowest BCUT2D eigenvalue weighted by atomic mass is 10.2. The van der Waals surface area contributed by atoms with E-state index in [1.54, 1.807) is 0 Å². The number of carbonyl (C=O) groups excluding carboxylic acids is 1. The molecule has 6 heteroatoms. The van der Waals surface area contributed by atoms with Gasteiger partial charge in [-0.2, -0.15) is 0 Å². The summed E-state index contributed by atoms with van der Waals surface area (Å²) < 4.78 is 10.4. The van der Waals surface area contributed by atoms with Crippen LogP contribution < -0.4 is 5.32 Å². The zero-order valence-corrected chi connectivity index (χ0v) is 12.3. The molecule has 0 atom stereocenters. The van der Waals surface area contributed by atoms with Crippen LogP contribution in [-0.4, -0.2) is 37.3 Å². The van der Waals surface area contributed by atoms with Gasteiger partial charge >= 0.3 is 6.09 Å². The second kappa shape index (κ2) is 7.53. The second-order valence-corrected chi connectivity index (χ2v) is 4.66. The first kappa shape index (κ1) is 16.2. The molecule has 0 unspecified atom stereocenters. The van der Waals surface area contributed by atoms with Crippen LogP contribution in [-0.2, 0) is 9.47 Å². The van der Waals surface area contributed by atoms with Gasteiger partial charge in [0.15, 0.2) is 5.90 Å². The van der Waals surface area contributed by atoms with Gasteiger partial charge in [0.05, 0.1) is 6.61 Å². The first-order valence-electron chi connectivity index (χ1n) is 5.60. The molecule has 1 rings (SSSR count). The van der Waals surface area contributed by atoms with Crippen molar-refractivity contribution < 1.29 is 14.3 Å². The highest BCUT2D eigenvalue weighted by Gasteiger charge is 2.15. The number of ether oxygens (including phenoxy) is 2. The van der Waals surface area contributed by atoms with E-state index in [4.69, 9.17) is 9.47 Å². The Hall–Kier alpha value is -0.780. The Morgan fingerprint density at radius 2 is 2.24 bits per heavy atom. The summed E-state index contributed by atoms with van der Waals surface area (Å²) in [7, 11) is 0.